The van der Waals surface area contributed by atoms with Crippen molar-refractivity contribution in [2.45, 2.75) is 45.4 Å². The molecule has 1 aromatic carbocycles. The number of hydrogen-bond donors (Lipinski definition) is 2. The smallest absolute Gasteiger partial charge is 0.503 e. The summed E-state index contributed by atoms with van der Waals surface area (Å²) in [6.07, 6.45) is -0.743. The van der Waals surface area contributed by atoms with E-state index in [-0.39, 0.29) is 38.3 Å². The second-order valence-electron chi connectivity index (χ2n) is 11.1. The first kappa shape index (κ1) is 36.5. The van der Waals surface area contributed by atoms with Crippen LogP contribution in [0, 0.1) is 11.6 Å². The van der Waals surface area contributed by atoms with Crippen LogP contribution < -0.4 is 10.7 Å². The second-order valence-corrected chi connectivity index (χ2v) is 13.3. The van der Waals surface area contributed by atoms with Crippen LogP contribution in [0.1, 0.15) is 53.6 Å². The van der Waals surface area contributed by atoms with Crippen LogP contribution in [0.25, 0.3) is 0 Å². The average Bonchev–Trinajstić information content (AvgIpc) is 3.47. The van der Waals surface area contributed by atoms with Crippen LogP contribution in [0.15, 0.2) is 29.2 Å². The third kappa shape index (κ3) is 8.55. The maximum absolute atomic E-state index is 14.1. The number of hydrogen-bond acceptors (Lipinski definition) is 13. The Labute approximate surface area is 272 Å². The molecule has 19 heteroatoms. The first-order valence-electron chi connectivity index (χ1n) is 14.6. The molecule has 2 aromatic rings. The van der Waals surface area contributed by atoms with Crippen molar-refractivity contribution in [2.75, 3.05) is 46.1 Å². The summed E-state index contributed by atoms with van der Waals surface area (Å²) in [4.78, 5) is 64.0. The van der Waals surface area contributed by atoms with Crippen LogP contribution in [-0.4, -0.2) is 90.7 Å². The molecule has 1 aromatic heterocycles. The number of esters is 1. The summed E-state index contributed by atoms with van der Waals surface area (Å²) in [5.41, 5.74) is -3.33. The van der Waals surface area contributed by atoms with E-state index in [1.807, 2.05) is 0 Å². The summed E-state index contributed by atoms with van der Waals surface area (Å²) in [5, 5.41) is 13.3. The summed E-state index contributed by atoms with van der Waals surface area (Å²) in [6, 6.07) is 2.76. The number of nitrogens with zero attached hydrogens (tertiary/aromatic N) is 2. The van der Waals surface area contributed by atoms with Crippen molar-refractivity contribution in [3.8, 4) is 5.75 Å². The van der Waals surface area contributed by atoms with Gasteiger partial charge in [0.15, 0.2) is 11.4 Å². The zero-order chi connectivity index (χ0) is 35.2. The van der Waals surface area contributed by atoms with Gasteiger partial charge in [-0.2, -0.15) is 0 Å². The molecule has 2 aliphatic rings. The van der Waals surface area contributed by atoms with Crippen LogP contribution in [0.4, 0.5) is 13.6 Å². The normalized spacial score (nSPS) is 18.4. The van der Waals surface area contributed by atoms with Crippen LogP contribution in [0.2, 0.25) is 0 Å². The highest BCUT2D eigenvalue weighted by Crippen LogP contribution is 2.48. The number of rotatable bonds is 13. The summed E-state index contributed by atoms with van der Waals surface area (Å²) in [7, 11) is -4.24. The molecule has 3 heterocycles. The topological polar surface area (TPSA) is 198 Å². The van der Waals surface area contributed by atoms with E-state index in [4.69, 9.17) is 23.3 Å². The molecule has 0 saturated carbocycles. The quantitative estimate of drug-likeness (QED) is 0.176. The predicted octanol–water partition coefficient (Wildman–Crippen LogP) is 2.60. The maximum Gasteiger partial charge on any atom is 0.510 e. The number of carbonyl (C=O) groups excluding carboxylic acids is 4. The van der Waals surface area contributed by atoms with Gasteiger partial charge in [0.05, 0.1) is 24.4 Å². The Hall–Kier alpha value is -4.38. The van der Waals surface area contributed by atoms with Crippen molar-refractivity contribution < 1.29 is 65.6 Å². The molecular formula is C29H34F2N3O13P. The number of amides is 2. The minimum Gasteiger partial charge on any atom is -0.503 e. The zero-order valence-corrected chi connectivity index (χ0v) is 27.1. The molecule has 1 spiro atoms. The van der Waals surface area contributed by atoms with Crippen LogP contribution in [0.3, 0.4) is 0 Å². The molecule has 0 radical (unpaired) electrons. The lowest BCUT2D eigenvalue weighted by molar-refractivity contribution is -0.147. The number of carbonyl (C=O) groups is 4. The van der Waals surface area contributed by atoms with Gasteiger partial charge in [-0.05, 0) is 26.3 Å². The largest absolute Gasteiger partial charge is 0.510 e. The summed E-state index contributed by atoms with van der Waals surface area (Å²) < 4.78 is 72.4. The first-order chi connectivity index (χ1) is 22.6. The van der Waals surface area contributed by atoms with Crippen molar-refractivity contribution in [1.29, 1.82) is 0 Å². The molecule has 2 amide bonds. The molecule has 262 valence electrons. The fraction of sp³-hybridized carbons (Fsp3) is 0.483. The van der Waals surface area contributed by atoms with Crippen molar-refractivity contribution in [3.63, 3.8) is 0 Å². The average molecular weight is 702 g/mol. The van der Waals surface area contributed by atoms with Gasteiger partial charge in [-0.1, -0.05) is 6.07 Å². The number of aromatic hydroxyl groups is 1. The van der Waals surface area contributed by atoms with Gasteiger partial charge < -0.3 is 38.8 Å². The molecule has 16 nitrogen and oxygen atoms in total. The zero-order valence-electron chi connectivity index (χ0n) is 26.2. The Morgan fingerprint density at radius 1 is 1.15 bits per heavy atom. The minimum atomic E-state index is -4.24. The summed E-state index contributed by atoms with van der Waals surface area (Å²) in [5.74, 6) is -5.38. The standard InChI is InChI=1S/C29H34F2N3O13P/c1-17(2)47-28(40)44-16-46-48(41,45-15-43-18(3)35)9-7-33-13-29(6-8-42-14-29)34-12-21(24(36)25(37)23(34)27(33)39)26(38)32-11-19-4-5-20(30)10-22(19)31/h4-5,10,12,17,37H,6-9,11,13-16H2,1-3H3,(H,32,38)/t29-,48?/m1/s1. The highest BCUT2D eigenvalue weighted by Gasteiger charge is 2.47. The lowest BCUT2D eigenvalue weighted by Gasteiger charge is -2.43. The SMILES string of the molecule is CC(=O)OCOP(=O)(CCN1C[C@@]2(CCOC2)n2cc(C(=O)NCc3ccc(F)cc3F)c(=O)c(O)c2C1=O)OCOC(=O)OC(C)C. The first-order valence-corrected chi connectivity index (χ1v) is 16.3. The number of aromatic nitrogens is 1. The van der Waals surface area contributed by atoms with E-state index in [0.717, 1.165) is 25.3 Å². The van der Waals surface area contributed by atoms with Gasteiger partial charge in [0.2, 0.25) is 19.0 Å². The Kier molecular flexibility index (Phi) is 11.6. The molecule has 2 N–H and O–H groups in total. The van der Waals surface area contributed by atoms with Gasteiger partial charge >= 0.3 is 19.7 Å². The molecule has 0 aliphatic carbocycles. The van der Waals surface area contributed by atoms with Gasteiger partial charge in [0.25, 0.3) is 11.8 Å². The van der Waals surface area contributed by atoms with Crippen molar-refractivity contribution in [2.24, 2.45) is 0 Å². The molecule has 2 aliphatic heterocycles. The maximum atomic E-state index is 14.1. The van der Waals surface area contributed by atoms with E-state index in [0.29, 0.717) is 6.07 Å². The number of benzene rings is 1. The fourth-order valence-electron chi connectivity index (χ4n) is 5.00. The van der Waals surface area contributed by atoms with Gasteiger partial charge in [0, 0.05) is 51.0 Å². The highest BCUT2D eigenvalue weighted by molar-refractivity contribution is 7.53. The predicted molar refractivity (Wildman–Crippen MR) is 158 cm³/mol. The summed E-state index contributed by atoms with van der Waals surface area (Å²) >= 11 is 0. The molecule has 2 atom stereocenters. The van der Waals surface area contributed by atoms with E-state index < -0.39 is 104 Å². The Morgan fingerprint density at radius 3 is 2.48 bits per heavy atom. The van der Waals surface area contributed by atoms with E-state index in [1.54, 1.807) is 13.8 Å². The second kappa shape index (κ2) is 15.2. The Morgan fingerprint density at radius 2 is 1.85 bits per heavy atom. The van der Waals surface area contributed by atoms with E-state index in [1.165, 1.54) is 9.47 Å². The third-order valence-corrected chi connectivity index (χ3v) is 9.11. The number of fused-ring (bicyclic) bond motifs is 2. The molecule has 1 unspecified atom stereocenters. The molecule has 1 fully saturated rings. The molecule has 48 heavy (non-hydrogen) atoms. The van der Waals surface area contributed by atoms with Gasteiger partial charge in [-0.25, -0.2) is 13.6 Å². The van der Waals surface area contributed by atoms with E-state index >= 15 is 0 Å². The fourth-order valence-corrected chi connectivity index (χ4v) is 6.25. The molecule has 0 bridgehead atoms. The molecule has 1 saturated heterocycles. The lowest BCUT2D eigenvalue weighted by atomic mass is 9.92. The van der Waals surface area contributed by atoms with Crippen molar-refractivity contribution in [1.82, 2.24) is 14.8 Å². The summed E-state index contributed by atoms with van der Waals surface area (Å²) in [6.45, 7) is 1.96. The number of nitrogens with one attached hydrogen (secondary N) is 1. The van der Waals surface area contributed by atoms with Crippen molar-refractivity contribution in [3.05, 3.63) is 63.1 Å². The van der Waals surface area contributed by atoms with E-state index in [9.17, 15) is 42.4 Å². The monoisotopic (exact) mass is 701 g/mol. The lowest BCUT2D eigenvalue weighted by Crippen LogP contribution is -2.56. The van der Waals surface area contributed by atoms with Gasteiger partial charge in [0.1, 0.15) is 17.2 Å². The Balaban J connectivity index is 1.56. The third-order valence-electron chi connectivity index (χ3n) is 7.36. The van der Waals surface area contributed by atoms with Gasteiger partial charge in [-0.15, -0.1) is 0 Å². The van der Waals surface area contributed by atoms with Crippen LogP contribution in [0.5, 0.6) is 5.75 Å². The minimum absolute atomic E-state index is 0.00312. The highest BCUT2D eigenvalue weighted by atomic mass is 31.2. The van der Waals surface area contributed by atoms with Crippen LogP contribution in [-0.2, 0) is 49.4 Å². The number of pyridine rings is 1. The van der Waals surface area contributed by atoms with E-state index in [2.05, 4.69) is 10.1 Å². The molecule has 4 rings (SSSR count). The number of halogens is 2. The Bertz CT molecular complexity index is 1680. The molecular weight excluding hydrogens is 667 g/mol. The van der Waals surface area contributed by atoms with Crippen molar-refractivity contribution >= 4 is 31.5 Å². The number of ether oxygens (including phenoxy) is 4. The van der Waals surface area contributed by atoms with Gasteiger partial charge in [-0.3, -0.25) is 32.8 Å². The van der Waals surface area contributed by atoms with Crippen LogP contribution >= 0.6 is 7.60 Å².